The first-order chi connectivity index (χ1) is 8.80. The molecule has 0 heterocycles. The Morgan fingerprint density at radius 2 is 0.850 bits per heavy atom. The quantitative estimate of drug-likeness (QED) is 0.261. The van der Waals surface area contributed by atoms with E-state index in [9.17, 15) is 29.8 Å². The van der Waals surface area contributed by atoms with E-state index in [2.05, 4.69) is 11.9 Å². The summed E-state index contributed by atoms with van der Waals surface area (Å²) < 4.78 is 91.7. The highest BCUT2D eigenvalue weighted by Gasteiger charge is 2.42. The lowest BCUT2D eigenvalue weighted by Gasteiger charge is -2.15. The van der Waals surface area contributed by atoms with Crippen molar-refractivity contribution in [2.75, 3.05) is 16.1 Å². The smallest absolute Gasteiger partial charge is 0.224 e. The summed E-state index contributed by atoms with van der Waals surface area (Å²) >= 11 is 0. The second kappa shape index (κ2) is 7.25. The van der Waals surface area contributed by atoms with Crippen LogP contribution in [0.25, 0.3) is 0 Å². The van der Waals surface area contributed by atoms with Crippen LogP contribution in [0, 0.1) is 0 Å². The summed E-state index contributed by atoms with van der Waals surface area (Å²) in [7, 11) is -18.2. The van der Waals surface area contributed by atoms with Crippen LogP contribution < -0.4 is 0 Å². The first-order valence-electron chi connectivity index (χ1n) is 5.22. The van der Waals surface area contributed by atoms with Gasteiger partial charge in [-0.3, -0.25) is 0 Å². The lowest BCUT2D eigenvalue weighted by Crippen LogP contribution is -2.19. The van der Waals surface area contributed by atoms with Crippen molar-refractivity contribution in [1.29, 1.82) is 0 Å². The third-order valence-corrected chi connectivity index (χ3v) is 15.1. The van der Waals surface area contributed by atoms with Gasteiger partial charge in [0.05, 0.1) is 16.1 Å². The highest BCUT2D eigenvalue weighted by molar-refractivity contribution is 7.98. The van der Waals surface area contributed by atoms with Gasteiger partial charge in [0.15, 0.2) is 0 Å². The van der Waals surface area contributed by atoms with E-state index in [-0.39, 0.29) is 30.7 Å². The molecule has 0 rings (SSSR count). The average molecular weight is 423 g/mol. The summed E-state index contributed by atoms with van der Waals surface area (Å²) in [6.45, 7) is 0. The van der Waals surface area contributed by atoms with Gasteiger partial charge in [0.1, 0.15) is 0 Å². The van der Waals surface area contributed by atoms with Gasteiger partial charge in [0, 0.05) is 30.7 Å². The van der Waals surface area contributed by atoms with E-state index in [1.807, 2.05) is 0 Å². The van der Waals surface area contributed by atoms with Gasteiger partial charge in [-0.2, -0.15) is 37.2 Å². The molecule has 0 spiro atoms. The summed E-state index contributed by atoms with van der Waals surface area (Å²) in [5.74, 6) is 0. The Balaban J connectivity index is 5.64. The van der Waals surface area contributed by atoms with Crippen molar-refractivity contribution < 1.29 is 41.7 Å². The van der Waals surface area contributed by atoms with E-state index in [0.29, 0.717) is 0 Å². The predicted molar refractivity (Wildman–Crippen MR) is 82.0 cm³/mol. The van der Waals surface area contributed by atoms with Crippen LogP contribution in [0.4, 0.5) is 0 Å². The SMILES string of the molecule is O=P(OS(=O)(=O)C[SiH3])(OS(=O)(=O)C[SiH3])OS(=O)(=O)C[SiH3]. The second-order valence-corrected chi connectivity index (χ2v) is 16.2. The van der Waals surface area contributed by atoms with E-state index in [0.717, 1.165) is 0 Å². The van der Waals surface area contributed by atoms with Gasteiger partial charge < -0.3 is 0 Å². The fourth-order valence-electron chi connectivity index (χ4n) is 0.613. The van der Waals surface area contributed by atoms with Crippen LogP contribution >= 0.6 is 7.82 Å². The zero-order valence-electron chi connectivity index (χ0n) is 10.9. The summed E-state index contributed by atoms with van der Waals surface area (Å²) in [5, 5.41) is -1.61. The maximum Gasteiger partial charge on any atom is 0.519 e. The van der Waals surface area contributed by atoms with Crippen molar-refractivity contribution in [1.82, 2.24) is 0 Å². The minimum absolute atomic E-state index is 0.0959. The average Bonchev–Trinajstić information content (AvgIpc) is 2.26. The van der Waals surface area contributed by atoms with Crippen LogP contribution in [0.2, 0.25) is 0 Å². The summed E-state index contributed by atoms with van der Waals surface area (Å²) in [4.78, 5) is 0. The van der Waals surface area contributed by atoms with Crippen molar-refractivity contribution in [2.24, 2.45) is 0 Å². The monoisotopic (exact) mass is 422 g/mol. The minimum atomic E-state index is -5.33. The van der Waals surface area contributed by atoms with Crippen molar-refractivity contribution in [3.63, 3.8) is 0 Å². The Morgan fingerprint density at radius 1 is 0.650 bits per heavy atom. The largest absolute Gasteiger partial charge is 0.519 e. The van der Waals surface area contributed by atoms with Gasteiger partial charge in [-0.15, -0.1) is 0 Å². The molecule has 0 aromatic carbocycles. The maximum absolute atomic E-state index is 12.0. The number of hydrogen-bond donors (Lipinski definition) is 0. The van der Waals surface area contributed by atoms with Gasteiger partial charge in [-0.1, -0.05) is 0 Å². The van der Waals surface area contributed by atoms with E-state index >= 15 is 0 Å². The lowest BCUT2D eigenvalue weighted by molar-refractivity contribution is 0.306. The topological polar surface area (TPSA) is 147 Å². The molecule has 122 valence electrons. The first-order valence-corrected chi connectivity index (χ1v) is 15.7. The Bertz CT molecular complexity index is 583. The number of phosphoric acid groups is 1. The van der Waals surface area contributed by atoms with Crippen LogP contribution in [-0.2, 0) is 46.8 Å². The highest BCUT2D eigenvalue weighted by atomic mass is 32.3. The minimum Gasteiger partial charge on any atom is -0.224 e. The van der Waals surface area contributed by atoms with Crippen molar-refractivity contribution in [2.45, 2.75) is 0 Å². The molecule has 0 aliphatic rings. The van der Waals surface area contributed by atoms with Gasteiger partial charge in [-0.25, -0.2) is 4.57 Å². The molecule has 0 saturated carbocycles. The molecule has 0 N–H and O–H groups in total. The molecule has 0 saturated heterocycles. The van der Waals surface area contributed by atoms with Crippen LogP contribution in [0.5, 0.6) is 0 Å². The molecule has 20 heavy (non-hydrogen) atoms. The molecule has 0 radical (unpaired) electrons. The van der Waals surface area contributed by atoms with Gasteiger partial charge in [0.2, 0.25) is 0 Å². The van der Waals surface area contributed by atoms with E-state index in [4.69, 9.17) is 0 Å². The third kappa shape index (κ3) is 7.57. The first kappa shape index (κ1) is 20.6. The Labute approximate surface area is 126 Å². The highest BCUT2D eigenvalue weighted by Crippen LogP contribution is 2.53. The fraction of sp³-hybridized carbons (Fsp3) is 1.00. The van der Waals surface area contributed by atoms with Crippen molar-refractivity contribution in [3.8, 4) is 0 Å². The number of rotatable bonds is 9. The van der Waals surface area contributed by atoms with Crippen LogP contribution in [0.15, 0.2) is 0 Å². The van der Waals surface area contributed by atoms with Crippen molar-refractivity contribution >= 4 is 68.9 Å². The van der Waals surface area contributed by atoms with Crippen LogP contribution in [-0.4, -0.2) is 72.1 Å². The van der Waals surface area contributed by atoms with Gasteiger partial charge >= 0.3 is 7.82 Å². The molecule has 0 aromatic heterocycles. The van der Waals surface area contributed by atoms with Crippen molar-refractivity contribution in [3.05, 3.63) is 0 Å². The third-order valence-electron chi connectivity index (χ3n) is 1.68. The number of hydrogen-bond acceptors (Lipinski definition) is 10. The maximum atomic E-state index is 12.0. The second-order valence-electron chi connectivity index (χ2n) is 3.21. The van der Waals surface area contributed by atoms with Gasteiger partial charge in [0.25, 0.3) is 30.4 Å². The molecular weight excluding hydrogens is 407 g/mol. The van der Waals surface area contributed by atoms with E-state index < -0.39 is 54.3 Å². The zero-order valence-corrected chi connectivity index (χ0v) is 20.2. The normalized spacial score (nSPS) is 17.2. The van der Waals surface area contributed by atoms with E-state index in [1.165, 1.54) is 0 Å². The molecular formula is C3H15O10PS3Si3. The molecule has 0 fully saturated rings. The van der Waals surface area contributed by atoms with Crippen LogP contribution in [0.3, 0.4) is 0 Å². The molecule has 17 heteroatoms. The fourth-order valence-corrected chi connectivity index (χ4v) is 9.03. The summed E-state index contributed by atoms with van der Waals surface area (Å²) in [6.07, 6.45) is 0. The molecule has 10 nitrogen and oxygen atoms in total. The Kier molecular flexibility index (Phi) is 7.47. The molecule has 0 aromatic rings. The molecule has 0 aliphatic carbocycles. The summed E-state index contributed by atoms with van der Waals surface area (Å²) in [6, 6.07) is 0. The summed E-state index contributed by atoms with van der Waals surface area (Å²) in [5.41, 5.74) is 0. The van der Waals surface area contributed by atoms with E-state index in [1.54, 1.807) is 0 Å². The molecule has 0 unspecified atom stereocenters. The van der Waals surface area contributed by atoms with Crippen LogP contribution in [0.1, 0.15) is 0 Å². The Morgan fingerprint density at radius 3 is 1.00 bits per heavy atom. The van der Waals surface area contributed by atoms with Gasteiger partial charge in [-0.05, 0) is 0 Å². The zero-order chi connectivity index (χ0) is 16.2. The lowest BCUT2D eigenvalue weighted by atomic mass is 11.9. The molecule has 0 amide bonds. The molecule has 0 aliphatic heterocycles. The predicted octanol–water partition coefficient (Wildman–Crippen LogP) is -4.90. The molecule has 0 atom stereocenters. The molecule has 0 bridgehead atoms. The standard InChI is InChI=1S/C3H15O10PS3Si3/c4-14(11-15(5,6)1-18,12-16(7,8)2-19)13-17(9,10)3-20/h1-3H2,18-20H3. The Hall–Kier alpha value is 0.611.